The number of carbonyl (C=O) groups excluding carboxylic acids is 1. The monoisotopic (exact) mass is 348 g/mol. The van der Waals surface area contributed by atoms with Gasteiger partial charge in [0.15, 0.2) is 11.6 Å². The van der Waals surface area contributed by atoms with Crippen LogP contribution in [-0.4, -0.2) is 22.1 Å². The van der Waals surface area contributed by atoms with Crippen LogP contribution in [0.1, 0.15) is 19.3 Å². The third-order valence-electron chi connectivity index (χ3n) is 3.98. The van der Waals surface area contributed by atoms with Gasteiger partial charge in [-0.3, -0.25) is 4.79 Å². The topological polar surface area (TPSA) is 79.9 Å². The smallest absolute Gasteiger partial charge is 0.227 e. The normalized spacial score (nSPS) is 10.4. The number of nitriles is 1. The number of pyridine rings is 1. The van der Waals surface area contributed by atoms with Gasteiger partial charge in [0.25, 0.3) is 0 Å². The number of anilines is 1. The Morgan fingerprint density at radius 2 is 2.12 bits per heavy atom. The molecular formula is C20H20N4O2. The zero-order valence-corrected chi connectivity index (χ0v) is 14.4. The van der Waals surface area contributed by atoms with Crippen molar-refractivity contribution < 1.29 is 9.53 Å². The van der Waals surface area contributed by atoms with Crippen molar-refractivity contribution in [3.63, 3.8) is 0 Å². The van der Waals surface area contributed by atoms with Crippen molar-refractivity contribution in [2.45, 2.75) is 25.8 Å². The molecule has 1 amide bonds. The minimum atomic E-state index is -0.122. The molecular weight excluding hydrogens is 328 g/mol. The molecule has 26 heavy (non-hydrogen) atoms. The van der Waals surface area contributed by atoms with Crippen molar-refractivity contribution in [2.75, 3.05) is 11.9 Å². The number of benzene rings is 1. The van der Waals surface area contributed by atoms with Crippen LogP contribution in [0.3, 0.4) is 0 Å². The number of hydrogen-bond acceptors (Lipinski definition) is 4. The summed E-state index contributed by atoms with van der Waals surface area (Å²) >= 11 is 0. The van der Waals surface area contributed by atoms with Gasteiger partial charge in [-0.25, -0.2) is 4.98 Å². The predicted molar refractivity (Wildman–Crippen MR) is 99.8 cm³/mol. The molecule has 0 radical (unpaired) electrons. The first kappa shape index (κ1) is 17.5. The lowest BCUT2D eigenvalue weighted by Gasteiger charge is -2.11. The van der Waals surface area contributed by atoms with Gasteiger partial charge in [-0.1, -0.05) is 18.2 Å². The lowest BCUT2D eigenvalue weighted by atomic mass is 10.2. The molecule has 6 heteroatoms. The van der Waals surface area contributed by atoms with E-state index in [1.54, 1.807) is 18.3 Å². The molecule has 6 nitrogen and oxygen atoms in total. The Morgan fingerprint density at radius 3 is 3.00 bits per heavy atom. The summed E-state index contributed by atoms with van der Waals surface area (Å²) in [5.41, 5.74) is 1.11. The van der Waals surface area contributed by atoms with Crippen molar-refractivity contribution in [1.29, 1.82) is 5.26 Å². The molecule has 0 unspecified atom stereocenters. The van der Waals surface area contributed by atoms with E-state index in [0.717, 1.165) is 10.9 Å². The molecule has 0 saturated heterocycles. The molecule has 0 aliphatic heterocycles. The summed E-state index contributed by atoms with van der Waals surface area (Å²) in [6.45, 7) is 1.00. The molecule has 2 heterocycles. The van der Waals surface area contributed by atoms with Gasteiger partial charge in [-0.2, -0.15) is 5.26 Å². The molecule has 1 aromatic carbocycles. The summed E-state index contributed by atoms with van der Waals surface area (Å²) in [6.07, 6.45) is 5.01. The SMILES string of the molecule is N#CCCCOc1cccnc1NC(=O)CCn1ccc2ccccc21. The fourth-order valence-electron chi connectivity index (χ4n) is 2.69. The minimum absolute atomic E-state index is 0.122. The molecule has 132 valence electrons. The number of nitrogens with one attached hydrogen (secondary N) is 1. The molecule has 0 aliphatic rings. The van der Waals surface area contributed by atoms with Crippen molar-refractivity contribution >= 4 is 22.6 Å². The number of rotatable bonds is 8. The highest BCUT2D eigenvalue weighted by atomic mass is 16.5. The standard InChI is InChI=1S/C20H20N4O2/c21-11-3-4-15-26-18-8-5-12-22-20(18)23-19(25)10-14-24-13-9-16-6-1-2-7-17(16)24/h1-2,5-9,12-13H,3-4,10,14-15H2,(H,22,23,25). The van der Waals surface area contributed by atoms with E-state index in [9.17, 15) is 4.79 Å². The average molecular weight is 348 g/mol. The van der Waals surface area contributed by atoms with Crippen molar-refractivity contribution in [1.82, 2.24) is 9.55 Å². The first-order valence-electron chi connectivity index (χ1n) is 8.56. The Hall–Kier alpha value is -3.33. The number of ether oxygens (including phenoxy) is 1. The minimum Gasteiger partial charge on any atom is -0.490 e. The van der Waals surface area contributed by atoms with Gasteiger partial charge >= 0.3 is 0 Å². The molecule has 0 aliphatic carbocycles. The summed E-state index contributed by atoms with van der Waals surface area (Å²) in [5.74, 6) is 0.806. The molecule has 3 aromatic rings. The van der Waals surface area contributed by atoms with Gasteiger partial charge in [0, 0.05) is 37.3 Å². The van der Waals surface area contributed by atoms with Gasteiger partial charge in [-0.05, 0) is 36.1 Å². The highest BCUT2D eigenvalue weighted by Crippen LogP contribution is 2.21. The summed E-state index contributed by atoms with van der Waals surface area (Å²) in [6, 6.07) is 15.7. The van der Waals surface area contributed by atoms with Gasteiger partial charge < -0.3 is 14.6 Å². The van der Waals surface area contributed by atoms with Gasteiger partial charge in [-0.15, -0.1) is 0 Å². The van der Waals surface area contributed by atoms with Crippen LogP contribution in [0.5, 0.6) is 5.75 Å². The molecule has 0 bridgehead atoms. The molecule has 3 rings (SSSR count). The highest BCUT2D eigenvalue weighted by molar-refractivity contribution is 5.91. The Morgan fingerprint density at radius 1 is 1.23 bits per heavy atom. The number of aryl methyl sites for hydroxylation is 1. The van der Waals surface area contributed by atoms with Gasteiger partial charge in [0.1, 0.15) is 0 Å². The Labute approximate surface area is 152 Å². The summed E-state index contributed by atoms with van der Waals surface area (Å²) in [4.78, 5) is 16.5. The average Bonchev–Trinajstić information content (AvgIpc) is 3.08. The van der Waals surface area contributed by atoms with Crippen LogP contribution >= 0.6 is 0 Å². The van der Waals surface area contributed by atoms with Gasteiger partial charge in [0.2, 0.25) is 5.91 Å². The quantitative estimate of drug-likeness (QED) is 0.629. The maximum absolute atomic E-state index is 12.3. The van der Waals surface area contributed by atoms with Gasteiger partial charge in [0.05, 0.1) is 12.7 Å². The fraction of sp³-hybridized carbons (Fsp3) is 0.250. The van der Waals surface area contributed by atoms with Crippen LogP contribution in [0.4, 0.5) is 5.82 Å². The summed E-state index contributed by atoms with van der Waals surface area (Å²) in [7, 11) is 0. The van der Waals surface area contributed by atoms with Crippen molar-refractivity contribution in [3.05, 3.63) is 54.9 Å². The first-order chi connectivity index (χ1) is 12.8. The third-order valence-corrected chi connectivity index (χ3v) is 3.98. The second kappa shape index (κ2) is 8.67. The number of aromatic nitrogens is 2. The van der Waals surface area contributed by atoms with Crippen LogP contribution in [0, 0.1) is 11.3 Å². The van der Waals surface area contributed by atoms with E-state index in [1.807, 2.05) is 30.5 Å². The number of para-hydroxylation sites is 1. The van der Waals surface area contributed by atoms with E-state index in [1.165, 1.54) is 0 Å². The Bertz CT molecular complexity index is 927. The second-order valence-electron chi connectivity index (χ2n) is 5.83. The maximum atomic E-state index is 12.3. The lowest BCUT2D eigenvalue weighted by molar-refractivity contribution is -0.116. The first-order valence-corrected chi connectivity index (χ1v) is 8.56. The number of unbranched alkanes of at least 4 members (excludes halogenated alkanes) is 1. The summed E-state index contributed by atoms with van der Waals surface area (Å²) < 4.78 is 7.68. The third kappa shape index (κ3) is 4.39. The van der Waals surface area contributed by atoms with Crippen LogP contribution in [0.15, 0.2) is 54.9 Å². The number of amides is 1. The highest BCUT2D eigenvalue weighted by Gasteiger charge is 2.10. The maximum Gasteiger partial charge on any atom is 0.227 e. The van der Waals surface area contributed by atoms with Crippen LogP contribution in [0.2, 0.25) is 0 Å². The second-order valence-corrected chi connectivity index (χ2v) is 5.83. The fourth-order valence-corrected chi connectivity index (χ4v) is 2.69. The molecule has 0 atom stereocenters. The van der Waals surface area contributed by atoms with E-state index in [2.05, 4.69) is 27.0 Å². The number of carbonyl (C=O) groups is 1. The van der Waals surface area contributed by atoms with E-state index < -0.39 is 0 Å². The molecule has 0 saturated carbocycles. The molecule has 0 spiro atoms. The number of nitrogens with zero attached hydrogens (tertiary/aromatic N) is 3. The van der Waals surface area contributed by atoms with Crippen LogP contribution < -0.4 is 10.1 Å². The molecule has 0 fully saturated rings. The summed E-state index contributed by atoms with van der Waals surface area (Å²) in [5, 5.41) is 12.5. The largest absolute Gasteiger partial charge is 0.490 e. The van der Waals surface area contributed by atoms with Crippen molar-refractivity contribution in [3.8, 4) is 11.8 Å². The van der Waals surface area contributed by atoms with E-state index in [4.69, 9.17) is 10.00 Å². The predicted octanol–water partition coefficient (Wildman–Crippen LogP) is 3.75. The van der Waals surface area contributed by atoms with E-state index in [-0.39, 0.29) is 5.91 Å². The Kier molecular flexibility index (Phi) is 5.84. The molecule has 2 aromatic heterocycles. The zero-order valence-electron chi connectivity index (χ0n) is 14.4. The van der Waals surface area contributed by atoms with Crippen LogP contribution in [-0.2, 0) is 11.3 Å². The zero-order chi connectivity index (χ0) is 18.2. The number of fused-ring (bicyclic) bond motifs is 1. The number of hydrogen-bond donors (Lipinski definition) is 1. The Balaban J connectivity index is 1.57. The van der Waals surface area contributed by atoms with E-state index >= 15 is 0 Å². The lowest BCUT2D eigenvalue weighted by Crippen LogP contribution is -2.16. The van der Waals surface area contributed by atoms with Crippen LogP contribution in [0.25, 0.3) is 10.9 Å². The molecule has 1 N–H and O–H groups in total. The van der Waals surface area contributed by atoms with E-state index in [0.29, 0.717) is 44.0 Å². The van der Waals surface area contributed by atoms with Crippen molar-refractivity contribution in [2.24, 2.45) is 0 Å².